The molecule has 0 bridgehead atoms. The summed E-state index contributed by atoms with van der Waals surface area (Å²) in [7, 11) is 0. The Kier molecular flexibility index (Phi) is 9.75. The fraction of sp³-hybridized carbons (Fsp3) is 0.294. The molecule has 5 N–H and O–H groups in total. The topological polar surface area (TPSA) is 75.0 Å². The molecule has 0 radical (unpaired) electrons. The van der Waals surface area contributed by atoms with Gasteiger partial charge in [-0.25, -0.2) is 4.90 Å². The first kappa shape index (κ1) is 28.5. The number of quaternary nitrogens is 2. The SMILES string of the molecule is CC.[NH3+]c1ccccc1OC/C=C/C1=C([NH+]2C=CC(N3CCOCC3)=C2)C(=C/C=C2/Nc3ccccc3O2)/CCC1. The Hall–Kier alpha value is -4.04. The van der Waals surface area contributed by atoms with Crippen LogP contribution in [0.4, 0.5) is 11.4 Å². The molecule has 214 valence electrons. The highest BCUT2D eigenvalue weighted by atomic mass is 16.5. The van der Waals surface area contributed by atoms with Crippen LogP contribution in [0, 0.1) is 0 Å². The molecule has 1 saturated heterocycles. The summed E-state index contributed by atoms with van der Waals surface area (Å²) in [6.45, 7) is 7.92. The van der Waals surface area contributed by atoms with Gasteiger partial charge in [0.1, 0.15) is 24.7 Å². The van der Waals surface area contributed by atoms with Crippen LogP contribution in [0.5, 0.6) is 11.5 Å². The van der Waals surface area contributed by atoms with E-state index >= 15 is 0 Å². The number of hydrogen-bond donors (Lipinski definition) is 3. The Morgan fingerprint density at radius 1 is 1.02 bits per heavy atom. The molecule has 3 heterocycles. The number of allylic oxidation sites excluding steroid dienone is 6. The number of para-hydroxylation sites is 3. The van der Waals surface area contributed by atoms with Crippen molar-refractivity contribution in [2.45, 2.75) is 33.1 Å². The number of ether oxygens (including phenoxy) is 3. The minimum atomic E-state index is 0.502. The van der Waals surface area contributed by atoms with Crippen LogP contribution in [0.15, 0.2) is 120 Å². The largest absolute Gasteiger partial charge is 0.483 e. The summed E-state index contributed by atoms with van der Waals surface area (Å²) >= 11 is 0. The molecule has 1 unspecified atom stereocenters. The third-order valence-electron chi connectivity index (χ3n) is 7.36. The Labute approximate surface area is 243 Å². The Morgan fingerprint density at radius 3 is 2.66 bits per heavy atom. The lowest BCUT2D eigenvalue weighted by molar-refractivity contribution is -0.741. The van der Waals surface area contributed by atoms with Gasteiger partial charge in [0.15, 0.2) is 23.1 Å². The second kappa shape index (κ2) is 14.0. The number of fused-ring (bicyclic) bond motifs is 1. The normalized spacial score (nSPS) is 21.9. The van der Waals surface area contributed by atoms with Crippen LogP contribution < -0.4 is 25.4 Å². The molecular formula is C34H42N4O3+2. The predicted molar refractivity (Wildman–Crippen MR) is 163 cm³/mol. The Bertz CT molecular complexity index is 1370. The average Bonchev–Trinajstić information content (AvgIpc) is 3.68. The molecule has 3 aliphatic heterocycles. The van der Waals surface area contributed by atoms with E-state index in [1.807, 2.05) is 62.4 Å². The van der Waals surface area contributed by atoms with Crippen LogP contribution in [0.3, 0.4) is 0 Å². The van der Waals surface area contributed by atoms with E-state index in [1.54, 1.807) is 0 Å². The van der Waals surface area contributed by atoms with Gasteiger partial charge < -0.3 is 30.2 Å². The van der Waals surface area contributed by atoms with E-state index in [2.05, 4.69) is 58.7 Å². The highest BCUT2D eigenvalue weighted by Gasteiger charge is 2.28. The fourth-order valence-electron chi connectivity index (χ4n) is 5.39. The summed E-state index contributed by atoms with van der Waals surface area (Å²) < 4.78 is 17.6. The molecule has 7 heteroatoms. The van der Waals surface area contributed by atoms with E-state index in [4.69, 9.17) is 14.2 Å². The van der Waals surface area contributed by atoms with E-state index in [1.165, 1.54) is 27.4 Å². The number of anilines is 1. The zero-order chi connectivity index (χ0) is 28.4. The molecular weight excluding hydrogens is 512 g/mol. The number of rotatable bonds is 7. The third kappa shape index (κ3) is 7.00. The third-order valence-corrected chi connectivity index (χ3v) is 7.36. The molecule has 0 amide bonds. The lowest BCUT2D eigenvalue weighted by Crippen LogP contribution is -3.00. The quantitative estimate of drug-likeness (QED) is 0.458. The first-order chi connectivity index (χ1) is 20.2. The van der Waals surface area contributed by atoms with Crippen molar-refractivity contribution >= 4 is 11.4 Å². The summed E-state index contributed by atoms with van der Waals surface area (Å²) in [6.07, 6.45) is 18.6. The summed E-state index contributed by atoms with van der Waals surface area (Å²) in [6, 6.07) is 15.9. The van der Waals surface area contributed by atoms with Gasteiger partial charge >= 0.3 is 0 Å². The zero-order valence-electron chi connectivity index (χ0n) is 24.2. The van der Waals surface area contributed by atoms with Crippen molar-refractivity contribution in [1.29, 1.82) is 0 Å². The van der Waals surface area contributed by atoms with Crippen LogP contribution in [0.1, 0.15) is 33.1 Å². The monoisotopic (exact) mass is 554 g/mol. The van der Waals surface area contributed by atoms with Crippen molar-refractivity contribution in [3.63, 3.8) is 0 Å². The van der Waals surface area contributed by atoms with Crippen molar-refractivity contribution in [3.8, 4) is 11.5 Å². The Balaban J connectivity index is 0.00000165. The first-order valence-corrected chi connectivity index (χ1v) is 14.7. The number of nitrogens with zero attached hydrogens (tertiary/aromatic N) is 1. The number of nitrogens with one attached hydrogen (secondary N) is 2. The molecule has 1 aliphatic carbocycles. The molecule has 0 aromatic heterocycles. The van der Waals surface area contributed by atoms with Gasteiger partial charge in [-0.1, -0.05) is 44.2 Å². The molecule has 0 spiro atoms. The van der Waals surface area contributed by atoms with E-state index in [0.717, 1.165) is 74.3 Å². The molecule has 4 aliphatic rings. The summed E-state index contributed by atoms with van der Waals surface area (Å²) in [5.74, 6) is 2.44. The van der Waals surface area contributed by atoms with Crippen LogP contribution >= 0.6 is 0 Å². The van der Waals surface area contributed by atoms with Gasteiger partial charge in [0.05, 0.1) is 24.6 Å². The second-order valence-electron chi connectivity index (χ2n) is 9.98. The maximum Gasteiger partial charge on any atom is 0.198 e. The standard InChI is InChI=1S/C32H34N4O3.C2H6/c33-27-10-1-3-12-29(27)38-20-6-9-24-7-5-8-25(14-15-31-34-28-11-2-4-13-30(28)39-31)32(24)36-17-16-26(23-36)35-18-21-37-22-19-35;1-2/h1-4,6,9-17,23,34H,5,7-8,18-22,33H2;1-2H3/p+2/b9-6+,25-14+,31-15-;. The lowest BCUT2D eigenvalue weighted by atomic mass is 9.90. The summed E-state index contributed by atoms with van der Waals surface area (Å²) in [5, 5.41) is 3.37. The van der Waals surface area contributed by atoms with Crippen molar-refractivity contribution in [3.05, 3.63) is 120 Å². The van der Waals surface area contributed by atoms with Crippen LogP contribution in [-0.2, 0) is 4.74 Å². The maximum absolute atomic E-state index is 6.02. The van der Waals surface area contributed by atoms with Crippen molar-refractivity contribution in [2.75, 3.05) is 38.2 Å². The maximum atomic E-state index is 6.02. The number of morpholine rings is 1. The minimum Gasteiger partial charge on any atom is -0.483 e. The molecule has 1 atom stereocenters. The molecule has 7 nitrogen and oxygen atoms in total. The van der Waals surface area contributed by atoms with E-state index in [9.17, 15) is 0 Å². The van der Waals surface area contributed by atoms with Crippen LogP contribution in [0.2, 0.25) is 0 Å². The van der Waals surface area contributed by atoms with Crippen LogP contribution in [0.25, 0.3) is 0 Å². The van der Waals surface area contributed by atoms with Gasteiger partial charge in [-0.15, -0.1) is 0 Å². The average molecular weight is 555 g/mol. The smallest absolute Gasteiger partial charge is 0.198 e. The molecule has 2 aromatic carbocycles. The highest BCUT2D eigenvalue weighted by Crippen LogP contribution is 2.33. The molecule has 6 rings (SSSR count). The van der Waals surface area contributed by atoms with Gasteiger partial charge in [-0.2, -0.15) is 0 Å². The number of benzene rings is 2. The van der Waals surface area contributed by atoms with E-state index < -0.39 is 0 Å². The molecule has 2 aromatic rings. The lowest BCUT2D eigenvalue weighted by Gasteiger charge is -2.28. The zero-order valence-corrected chi connectivity index (χ0v) is 24.2. The van der Waals surface area contributed by atoms with E-state index in [0.29, 0.717) is 6.61 Å². The molecule has 41 heavy (non-hydrogen) atoms. The molecule has 1 fully saturated rings. The van der Waals surface area contributed by atoms with Crippen molar-refractivity contribution in [2.24, 2.45) is 0 Å². The van der Waals surface area contributed by atoms with Gasteiger partial charge in [0.2, 0.25) is 0 Å². The molecule has 0 saturated carbocycles. The fourth-order valence-corrected chi connectivity index (χ4v) is 5.39. The second-order valence-corrected chi connectivity index (χ2v) is 9.98. The first-order valence-electron chi connectivity index (χ1n) is 14.7. The highest BCUT2D eigenvalue weighted by molar-refractivity contribution is 5.64. The number of hydrogen-bond acceptors (Lipinski definition) is 5. The summed E-state index contributed by atoms with van der Waals surface area (Å²) in [5.41, 5.74) is 11.2. The van der Waals surface area contributed by atoms with Gasteiger partial charge in [0, 0.05) is 36.4 Å². The predicted octanol–water partition coefficient (Wildman–Crippen LogP) is 4.82. The van der Waals surface area contributed by atoms with Crippen molar-refractivity contribution in [1.82, 2.24) is 4.90 Å². The van der Waals surface area contributed by atoms with Crippen molar-refractivity contribution < 1.29 is 24.8 Å². The van der Waals surface area contributed by atoms with Gasteiger partial charge in [0.25, 0.3) is 0 Å². The van der Waals surface area contributed by atoms with Gasteiger partial charge in [-0.3, -0.25) is 0 Å². The minimum absolute atomic E-state index is 0.502. The summed E-state index contributed by atoms with van der Waals surface area (Å²) in [4.78, 5) is 3.67. The van der Waals surface area contributed by atoms with E-state index in [-0.39, 0.29) is 0 Å². The van der Waals surface area contributed by atoms with Gasteiger partial charge in [-0.05, 0) is 55.7 Å². The Morgan fingerprint density at radius 2 is 1.83 bits per heavy atom. The van der Waals surface area contributed by atoms with Crippen LogP contribution in [-0.4, -0.2) is 37.8 Å².